The van der Waals surface area contributed by atoms with Crippen LogP contribution in [0.4, 0.5) is 0 Å². The van der Waals surface area contributed by atoms with Gasteiger partial charge in [0, 0.05) is 40.4 Å². The zero-order valence-corrected chi connectivity index (χ0v) is 24.4. The van der Waals surface area contributed by atoms with Crippen molar-refractivity contribution in [2.75, 3.05) is 12.9 Å². The van der Waals surface area contributed by atoms with Crippen LogP contribution in [0.25, 0.3) is 0 Å². The summed E-state index contributed by atoms with van der Waals surface area (Å²) in [5, 5.41) is 4.17. The number of halogens is 2. The number of ether oxygens (including phenoxy) is 1. The normalized spacial score (nSPS) is 14.1. The van der Waals surface area contributed by atoms with Gasteiger partial charge in [-0.2, -0.15) is 0 Å². The van der Waals surface area contributed by atoms with Gasteiger partial charge in [0.15, 0.2) is 0 Å². The molecule has 3 aromatic rings. The molecule has 0 bridgehead atoms. The molecule has 1 N–H and O–H groups in total. The minimum Gasteiger partial charge on any atom is -0.497 e. The van der Waals surface area contributed by atoms with Crippen LogP contribution >= 0.6 is 35.0 Å². The molecule has 1 aliphatic rings. The predicted molar refractivity (Wildman–Crippen MR) is 161 cm³/mol. The molecule has 1 unspecified atom stereocenters. The first-order valence-electron chi connectivity index (χ1n) is 13.2. The van der Waals surface area contributed by atoms with Crippen molar-refractivity contribution in [1.29, 1.82) is 0 Å². The highest BCUT2D eigenvalue weighted by molar-refractivity contribution is 7.99. The number of methoxy groups -OCH3 is 1. The summed E-state index contributed by atoms with van der Waals surface area (Å²) in [6.07, 6.45) is 4.54. The van der Waals surface area contributed by atoms with Crippen molar-refractivity contribution in [2.45, 2.75) is 56.5 Å². The van der Waals surface area contributed by atoms with Crippen LogP contribution in [0.1, 0.15) is 42.4 Å². The fourth-order valence-corrected chi connectivity index (χ4v) is 6.22. The van der Waals surface area contributed by atoms with E-state index in [0.717, 1.165) is 42.6 Å². The van der Waals surface area contributed by atoms with Crippen LogP contribution in [-0.4, -0.2) is 41.7 Å². The lowest BCUT2D eigenvalue weighted by Gasteiger charge is -2.33. The van der Waals surface area contributed by atoms with Gasteiger partial charge < -0.3 is 15.0 Å². The number of nitrogens with one attached hydrogen (secondary N) is 1. The van der Waals surface area contributed by atoms with E-state index in [-0.39, 0.29) is 30.2 Å². The van der Waals surface area contributed by atoms with E-state index in [9.17, 15) is 9.59 Å². The third-order valence-corrected chi connectivity index (χ3v) is 8.71. The van der Waals surface area contributed by atoms with Gasteiger partial charge in [0.25, 0.3) is 0 Å². The highest BCUT2D eigenvalue weighted by atomic mass is 35.5. The standard InChI is InChI=1S/C31H34Cl2N2O3S/c1-38-25-16-14-23(15-17-25)20-39-21-30(36)35(19-26-27(32)12-7-13-28(26)33)29(18-22-8-3-2-4-9-22)31(37)34-24-10-5-6-11-24/h2-4,7-9,12-17,24,29H,5-6,10-11,18-21H2,1H3,(H,34,37). The van der Waals surface area contributed by atoms with Gasteiger partial charge in [-0.1, -0.05) is 84.6 Å². The minimum absolute atomic E-state index is 0.132. The first kappa shape index (κ1) is 29.3. The summed E-state index contributed by atoms with van der Waals surface area (Å²) in [6.45, 7) is 0.149. The number of carbonyl (C=O) groups excluding carboxylic acids is 2. The number of thioether (sulfide) groups is 1. The average molecular weight is 586 g/mol. The van der Waals surface area contributed by atoms with Gasteiger partial charge in [0.2, 0.25) is 11.8 Å². The predicted octanol–water partition coefficient (Wildman–Crippen LogP) is 6.93. The lowest BCUT2D eigenvalue weighted by Crippen LogP contribution is -2.52. The van der Waals surface area contributed by atoms with Crippen LogP contribution in [-0.2, 0) is 28.3 Å². The van der Waals surface area contributed by atoms with Crippen molar-refractivity contribution >= 4 is 46.8 Å². The fourth-order valence-electron chi connectivity index (χ4n) is 4.84. The molecule has 1 saturated carbocycles. The van der Waals surface area contributed by atoms with Crippen LogP contribution in [0.2, 0.25) is 10.0 Å². The first-order valence-corrected chi connectivity index (χ1v) is 15.1. The molecule has 0 aliphatic heterocycles. The van der Waals surface area contributed by atoms with Crippen LogP contribution in [0, 0.1) is 0 Å². The summed E-state index contributed by atoms with van der Waals surface area (Å²) < 4.78 is 5.24. The molecule has 1 fully saturated rings. The molecule has 1 atom stereocenters. The molecule has 1 aliphatic carbocycles. The molecule has 4 rings (SSSR count). The lowest BCUT2D eigenvalue weighted by molar-refractivity contribution is -0.139. The lowest BCUT2D eigenvalue weighted by atomic mass is 10.0. The van der Waals surface area contributed by atoms with Gasteiger partial charge >= 0.3 is 0 Å². The summed E-state index contributed by atoms with van der Waals surface area (Å²) >= 11 is 14.6. The van der Waals surface area contributed by atoms with E-state index in [0.29, 0.717) is 27.8 Å². The van der Waals surface area contributed by atoms with Crippen molar-refractivity contribution in [3.05, 3.63) is 99.5 Å². The second kappa shape index (κ2) is 14.6. The number of hydrogen-bond donors (Lipinski definition) is 1. The molecule has 8 heteroatoms. The number of rotatable bonds is 12. The fraction of sp³-hybridized carbons (Fsp3) is 0.355. The number of benzene rings is 3. The molecule has 5 nitrogen and oxygen atoms in total. The number of amides is 2. The van der Waals surface area contributed by atoms with E-state index in [1.54, 1.807) is 30.2 Å². The third kappa shape index (κ3) is 8.41. The average Bonchev–Trinajstić information content (AvgIpc) is 3.46. The van der Waals surface area contributed by atoms with Crippen molar-refractivity contribution in [3.8, 4) is 5.75 Å². The summed E-state index contributed by atoms with van der Waals surface area (Å²) in [5.74, 6) is 1.40. The van der Waals surface area contributed by atoms with Gasteiger partial charge in [-0.3, -0.25) is 9.59 Å². The summed E-state index contributed by atoms with van der Waals surface area (Å²) in [6, 6.07) is 22.3. The van der Waals surface area contributed by atoms with Crippen molar-refractivity contribution in [3.63, 3.8) is 0 Å². The maximum Gasteiger partial charge on any atom is 0.243 e. The van der Waals surface area contributed by atoms with Crippen molar-refractivity contribution in [2.24, 2.45) is 0 Å². The van der Waals surface area contributed by atoms with Crippen LogP contribution in [0.15, 0.2) is 72.8 Å². The van der Waals surface area contributed by atoms with E-state index in [1.165, 1.54) is 11.8 Å². The number of hydrogen-bond acceptors (Lipinski definition) is 4. The maximum atomic E-state index is 13.9. The monoisotopic (exact) mass is 584 g/mol. The Labute approximate surface area is 245 Å². The molecule has 206 valence electrons. The highest BCUT2D eigenvalue weighted by Crippen LogP contribution is 2.28. The third-order valence-electron chi connectivity index (χ3n) is 7.02. The van der Waals surface area contributed by atoms with E-state index in [1.807, 2.05) is 54.6 Å². The Kier molecular flexibility index (Phi) is 11.0. The molecule has 39 heavy (non-hydrogen) atoms. The SMILES string of the molecule is COc1ccc(CSCC(=O)N(Cc2c(Cl)cccc2Cl)C(Cc2ccccc2)C(=O)NC2CCCC2)cc1. The Hall–Kier alpha value is -2.67. The molecule has 0 radical (unpaired) electrons. The van der Waals surface area contributed by atoms with Gasteiger partial charge in [0.05, 0.1) is 12.9 Å². The Bertz CT molecular complexity index is 1210. The largest absolute Gasteiger partial charge is 0.497 e. The molecule has 0 spiro atoms. The Balaban J connectivity index is 1.58. The molecular formula is C31H34Cl2N2O3S. The molecular weight excluding hydrogens is 551 g/mol. The van der Waals surface area contributed by atoms with Crippen LogP contribution in [0.3, 0.4) is 0 Å². The van der Waals surface area contributed by atoms with E-state index in [2.05, 4.69) is 5.32 Å². The molecule has 2 amide bonds. The second-order valence-electron chi connectivity index (χ2n) is 9.76. The summed E-state index contributed by atoms with van der Waals surface area (Å²) in [4.78, 5) is 29.3. The summed E-state index contributed by atoms with van der Waals surface area (Å²) in [5.41, 5.74) is 2.72. The first-order chi connectivity index (χ1) is 18.9. The van der Waals surface area contributed by atoms with Crippen LogP contribution < -0.4 is 10.1 Å². The van der Waals surface area contributed by atoms with Crippen molar-refractivity contribution < 1.29 is 14.3 Å². The molecule has 0 aromatic heterocycles. The second-order valence-corrected chi connectivity index (χ2v) is 11.6. The number of carbonyl (C=O) groups is 2. The van der Waals surface area contributed by atoms with E-state index < -0.39 is 6.04 Å². The van der Waals surface area contributed by atoms with Crippen LogP contribution in [0.5, 0.6) is 5.75 Å². The Morgan fingerprint density at radius 3 is 2.26 bits per heavy atom. The van der Waals surface area contributed by atoms with Gasteiger partial charge in [-0.05, 0) is 48.2 Å². The minimum atomic E-state index is -0.700. The molecule has 0 heterocycles. The van der Waals surface area contributed by atoms with Gasteiger partial charge in [0.1, 0.15) is 11.8 Å². The maximum absolute atomic E-state index is 13.9. The topological polar surface area (TPSA) is 58.6 Å². The van der Waals surface area contributed by atoms with Gasteiger partial charge in [-0.25, -0.2) is 0 Å². The molecule has 0 saturated heterocycles. The van der Waals surface area contributed by atoms with E-state index in [4.69, 9.17) is 27.9 Å². The zero-order chi connectivity index (χ0) is 27.6. The molecule has 3 aromatic carbocycles. The highest BCUT2D eigenvalue weighted by Gasteiger charge is 2.32. The zero-order valence-electron chi connectivity index (χ0n) is 22.1. The van der Waals surface area contributed by atoms with Gasteiger partial charge in [-0.15, -0.1) is 11.8 Å². The smallest absolute Gasteiger partial charge is 0.243 e. The Morgan fingerprint density at radius 1 is 0.949 bits per heavy atom. The van der Waals surface area contributed by atoms with Crippen molar-refractivity contribution in [1.82, 2.24) is 10.2 Å². The Morgan fingerprint density at radius 2 is 1.62 bits per heavy atom. The van der Waals surface area contributed by atoms with E-state index >= 15 is 0 Å². The number of nitrogens with zero attached hydrogens (tertiary/aromatic N) is 1. The summed E-state index contributed by atoms with van der Waals surface area (Å²) in [7, 11) is 1.64. The quantitative estimate of drug-likeness (QED) is 0.250.